The number of sulfonamides is 1. The predicted octanol–water partition coefficient (Wildman–Crippen LogP) is 1.22. The number of nitrogens with two attached hydrogens (primary N) is 1. The van der Waals surface area contributed by atoms with E-state index in [-0.39, 0.29) is 5.75 Å². The first-order valence-electron chi connectivity index (χ1n) is 6.02. The van der Waals surface area contributed by atoms with Gasteiger partial charge in [0.1, 0.15) is 0 Å². The maximum atomic E-state index is 10.7. The Balaban J connectivity index is 2.18. The molecular formula is C11H24N2O2S. The molecular weight excluding hydrogens is 224 g/mol. The summed E-state index contributed by atoms with van der Waals surface area (Å²) in [7, 11) is -3.29. The smallest absolute Gasteiger partial charge is 0.209 e. The van der Waals surface area contributed by atoms with Crippen LogP contribution in [-0.4, -0.2) is 26.8 Å². The molecule has 1 unspecified atom stereocenters. The average molecular weight is 248 g/mol. The minimum absolute atomic E-state index is 0.0795. The van der Waals surface area contributed by atoms with Gasteiger partial charge < -0.3 is 5.32 Å². The molecule has 3 N–H and O–H groups in total. The van der Waals surface area contributed by atoms with E-state index in [1.807, 2.05) is 0 Å². The molecule has 0 aliphatic heterocycles. The van der Waals surface area contributed by atoms with Gasteiger partial charge >= 0.3 is 0 Å². The first-order valence-corrected chi connectivity index (χ1v) is 7.74. The molecule has 96 valence electrons. The predicted molar refractivity (Wildman–Crippen MR) is 66.6 cm³/mol. The van der Waals surface area contributed by atoms with Crippen molar-refractivity contribution in [2.75, 3.05) is 12.3 Å². The van der Waals surface area contributed by atoms with E-state index in [0.717, 1.165) is 6.54 Å². The van der Waals surface area contributed by atoms with Crippen LogP contribution in [0.2, 0.25) is 0 Å². The van der Waals surface area contributed by atoms with Gasteiger partial charge in [0.25, 0.3) is 0 Å². The number of nitrogens with one attached hydrogen (secondary N) is 1. The van der Waals surface area contributed by atoms with E-state index in [9.17, 15) is 8.42 Å². The second-order valence-electron chi connectivity index (χ2n) is 5.63. The topological polar surface area (TPSA) is 72.2 Å². The zero-order valence-electron chi connectivity index (χ0n) is 10.3. The van der Waals surface area contributed by atoms with Gasteiger partial charge in [-0.05, 0) is 37.6 Å². The summed E-state index contributed by atoms with van der Waals surface area (Å²) in [6.45, 7) is 5.34. The maximum Gasteiger partial charge on any atom is 0.209 e. The van der Waals surface area contributed by atoms with Crippen LogP contribution in [0.1, 0.15) is 46.0 Å². The van der Waals surface area contributed by atoms with Crippen LogP contribution in [-0.2, 0) is 10.0 Å². The lowest BCUT2D eigenvalue weighted by molar-refractivity contribution is 0.199. The first-order chi connectivity index (χ1) is 7.29. The summed E-state index contributed by atoms with van der Waals surface area (Å²) >= 11 is 0. The van der Waals surface area contributed by atoms with Gasteiger partial charge in [0.2, 0.25) is 10.0 Å². The van der Waals surface area contributed by atoms with Crippen molar-refractivity contribution in [1.29, 1.82) is 0 Å². The minimum Gasteiger partial charge on any atom is -0.314 e. The van der Waals surface area contributed by atoms with Crippen molar-refractivity contribution >= 4 is 10.0 Å². The van der Waals surface area contributed by atoms with Gasteiger partial charge in [-0.25, -0.2) is 13.6 Å². The van der Waals surface area contributed by atoms with E-state index in [1.165, 1.54) is 25.7 Å². The molecule has 0 aromatic heterocycles. The number of hydrogen-bond donors (Lipinski definition) is 2. The van der Waals surface area contributed by atoms with E-state index in [4.69, 9.17) is 5.14 Å². The molecule has 0 heterocycles. The Morgan fingerprint density at radius 3 is 2.69 bits per heavy atom. The summed E-state index contributed by atoms with van der Waals surface area (Å²) in [5.74, 6) is 0.0795. The quantitative estimate of drug-likeness (QED) is 0.719. The standard InChI is InChI=1S/C11H24N2O2S/c1-11(2)6-3-5-10(9-11)13-7-4-8-16(12,14)15/h10,13H,3-9H2,1-2H3,(H2,12,14,15). The van der Waals surface area contributed by atoms with Gasteiger partial charge in [-0.2, -0.15) is 0 Å². The molecule has 0 spiro atoms. The summed E-state index contributed by atoms with van der Waals surface area (Å²) in [5, 5.41) is 8.37. The summed E-state index contributed by atoms with van der Waals surface area (Å²) in [6.07, 6.45) is 5.55. The third-order valence-corrected chi connectivity index (χ3v) is 4.10. The molecule has 5 heteroatoms. The third kappa shape index (κ3) is 5.82. The van der Waals surface area contributed by atoms with Crippen LogP contribution in [0.5, 0.6) is 0 Å². The molecule has 1 aliphatic rings. The van der Waals surface area contributed by atoms with Crippen LogP contribution >= 0.6 is 0 Å². The highest BCUT2D eigenvalue weighted by atomic mass is 32.2. The van der Waals surface area contributed by atoms with Crippen molar-refractivity contribution in [1.82, 2.24) is 5.32 Å². The van der Waals surface area contributed by atoms with Crippen LogP contribution < -0.4 is 10.5 Å². The van der Waals surface area contributed by atoms with Gasteiger partial charge in [-0.3, -0.25) is 0 Å². The SMILES string of the molecule is CC1(C)CCCC(NCCCS(N)(=O)=O)C1. The summed E-state index contributed by atoms with van der Waals surface area (Å²) in [5.41, 5.74) is 0.426. The largest absolute Gasteiger partial charge is 0.314 e. The maximum absolute atomic E-state index is 10.7. The van der Waals surface area contributed by atoms with Gasteiger partial charge in [0.15, 0.2) is 0 Å². The molecule has 16 heavy (non-hydrogen) atoms. The fraction of sp³-hybridized carbons (Fsp3) is 1.00. The average Bonchev–Trinajstić information content (AvgIpc) is 2.09. The van der Waals surface area contributed by atoms with Gasteiger partial charge in [-0.15, -0.1) is 0 Å². The molecule has 0 saturated heterocycles. The van der Waals surface area contributed by atoms with Gasteiger partial charge in [-0.1, -0.05) is 20.3 Å². The Morgan fingerprint density at radius 2 is 2.12 bits per heavy atom. The lowest BCUT2D eigenvalue weighted by Gasteiger charge is -2.35. The fourth-order valence-corrected chi connectivity index (χ4v) is 3.00. The van der Waals surface area contributed by atoms with Crippen molar-refractivity contribution < 1.29 is 8.42 Å². The van der Waals surface area contributed by atoms with Crippen LogP contribution in [0.4, 0.5) is 0 Å². The second kappa shape index (κ2) is 5.47. The molecule has 1 rings (SSSR count). The lowest BCUT2D eigenvalue weighted by atomic mass is 9.75. The number of primary sulfonamides is 1. The molecule has 4 nitrogen and oxygen atoms in total. The van der Waals surface area contributed by atoms with E-state index < -0.39 is 10.0 Å². The highest BCUT2D eigenvalue weighted by Crippen LogP contribution is 2.34. The second-order valence-corrected chi connectivity index (χ2v) is 7.37. The van der Waals surface area contributed by atoms with E-state index >= 15 is 0 Å². The van der Waals surface area contributed by atoms with Crippen LogP contribution in [0.3, 0.4) is 0 Å². The Bertz CT molecular complexity index is 312. The van der Waals surface area contributed by atoms with Crippen molar-refractivity contribution in [2.45, 2.75) is 52.0 Å². The third-order valence-electron chi connectivity index (χ3n) is 3.24. The van der Waals surface area contributed by atoms with Crippen LogP contribution in [0, 0.1) is 5.41 Å². The molecule has 0 radical (unpaired) electrons. The summed E-state index contributed by atoms with van der Waals surface area (Å²) < 4.78 is 21.5. The monoisotopic (exact) mass is 248 g/mol. The first kappa shape index (κ1) is 13.9. The zero-order valence-corrected chi connectivity index (χ0v) is 11.1. The zero-order chi connectivity index (χ0) is 12.2. The summed E-state index contributed by atoms with van der Waals surface area (Å²) in [6, 6.07) is 0.546. The molecule has 0 aromatic carbocycles. The number of rotatable bonds is 5. The summed E-state index contributed by atoms with van der Waals surface area (Å²) in [4.78, 5) is 0. The molecule has 0 amide bonds. The highest BCUT2D eigenvalue weighted by Gasteiger charge is 2.27. The molecule has 0 bridgehead atoms. The van der Waals surface area contributed by atoms with E-state index in [0.29, 0.717) is 17.9 Å². The van der Waals surface area contributed by atoms with Gasteiger partial charge in [0, 0.05) is 6.04 Å². The van der Waals surface area contributed by atoms with Crippen LogP contribution in [0.25, 0.3) is 0 Å². The molecule has 1 saturated carbocycles. The van der Waals surface area contributed by atoms with Crippen molar-refractivity contribution in [3.05, 3.63) is 0 Å². The lowest BCUT2D eigenvalue weighted by Crippen LogP contribution is -2.38. The molecule has 1 fully saturated rings. The number of hydrogen-bond acceptors (Lipinski definition) is 3. The molecule has 0 aromatic rings. The van der Waals surface area contributed by atoms with Crippen LogP contribution in [0.15, 0.2) is 0 Å². The van der Waals surface area contributed by atoms with Crippen molar-refractivity contribution in [2.24, 2.45) is 10.6 Å². The molecule has 1 atom stereocenters. The Kier molecular flexibility index (Phi) is 4.76. The normalized spacial score (nSPS) is 25.6. The van der Waals surface area contributed by atoms with E-state index in [2.05, 4.69) is 19.2 Å². The Labute approximate surface area is 99.0 Å². The molecule has 1 aliphatic carbocycles. The Morgan fingerprint density at radius 1 is 1.44 bits per heavy atom. The van der Waals surface area contributed by atoms with Crippen molar-refractivity contribution in [3.8, 4) is 0 Å². The highest BCUT2D eigenvalue weighted by molar-refractivity contribution is 7.89. The van der Waals surface area contributed by atoms with Crippen molar-refractivity contribution in [3.63, 3.8) is 0 Å². The Hall–Kier alpha value is -0.130. The minimum atomic E-state index is -3.29. The van der Waals surface area contributed by atoms with Gasteiger partial charge in [0.05, 0.1) is 5.75 Å². The fourth-order valence-electron chi connectivity index (χ4n) is 2.45. The van der Waals surface area contributed by atoms with E-state index in [1.54, 1.807) is 0 Å².